The van der Waals surface area contributed by atoms with Gasteiger partial charge in [-0.2, -0.15) is 0 Å². The zero-order valence-corrected chi connectivity index (χ0v) is 14.7. The summed E-state index contributed by atoms with van der Waals surface area (Å²) in [5.41, 5.74) is 4.90. The molecule has 3 aromatic carbocycles. The number of hydrogen-bond donors (Lipinski definition) is 2. The molecule has 0 aromatic heterocycles. The Morgan fingerprint density at radius 2 is 1.36 bits per heavy atom. The van der Waals surface area contributed by atoms with Crippen LogP contribution in [0.15, 0.2) is 84.9 Å². The molecule has 0 unspecified atom stereocenters. The zero-order valence-electron chi connectivity index (χ0n) is 14.7. The standard InChI is InChI=1S/C22H25N3/c1-19-12-14-21(15-13-19)24-18-25(22-10-6-3-7-11-22)17-23-16-20-8-4-2-5-9-20/h2-15,23-24H,16-18H2,1H3. The Hall–Kier alpha value is -2.78. The first-order chi connectivity index (χ1) is 12.3. The van der Waals surface area contributed by atoms with Crippen LogP contribution in [0.4, 0.5) is 11.4 Å². The number of benzene rings is 3. The van der Waals surface area contributed by atoms with Crippen molar-refractivity contribution in [3.8, 4) is 0 Å². The molecule has 0 spiro atoms. The molecule has 3 rings (SSSR count). The number of anilines is 2. The molecular formula is C22H25N3. The van der Waals surface area contributed by atoms with E-state index in [0.717, 1.165) is 25.6 Å². The fraction of sp³-hybridized carbons (Fsp3) is 0.182. The summed E-state index contributed by atoms with van der Waals surface area (Å²) in [5.74, 6) is 0. The second kappa shape index (κ2) is 8.90. The topological polar surface area (TPSA) is 27.3 Å². The van der Waals surface area contributed by atoms with Gasteiger partial charge in [-0.3, -0.25) is 5.32 Å². The Morgan fingerprint density at radius 1 is 0.720 bits per heavy atom. The average Bonchev–Trinajstić information content (AvgIpc) is 2.67. The van der Waals surface area contributed by atoms with E-state index in [4.69, 9.17) is 0 Å². The highest BCUT2D eigenvalue weighted by Gasteiger charge is 2.05. The van der Waals surface area contributed by atoms with E-state index in [1.807, 2.05) is 12.1 Å². The third kappa shape index (κ3) is 5.37. The van der Waals surface area contributed by atoms with Gasteiger partial charge in [-0.15, -0.1) is 0 Å². The molecular weight excluding hydrogens is 306 g/mol. The van der Waals surface area contributed by atoms with Crippen molar-refractivity contribution in [3.63, 3.8) is 0 Å². The molecule has 0 fully saturated rings. The number of aryl methyl sites for hydroxylation is 1. The molecule has 0 bridgehead atoms. The van der Waals surface area contributed by atoms with Crippen molar-refractivity contribution in [2.75, 3.05) is 23.6 Å². The van der Waals surface area contributed by atoms with E-state index in [9.17, 15) is 0 Å². The monoisotopic (exact) mass is 331 g/mol. The highest BCUT2D eigenvalue weighted by Crippen LogP contribution is 2.14. The summed E-state index contributed by atoms with van der Waals surface area (Å²) in [4.78, 5) is 2.29. The number of hydrogen-bond acceptors (Lipinski definition) is 3. The summed E-state index contributed by atoms with van der Waals surface area (Å²) in [6.07, 6.45) is 0. The molecule has 3 nitrogen and oxygen atoms in total. The van der Waals surface area contributed by atoms with E-state index >= 15 is 0 Å². The Bertz CT molecular complexity index is 739. The summed E-state index contributed by atoms with van der Waals surface area (Å²) < 4.78 is 0. The molecule has 2 N–H and O–H groups in total. The fourth-order valence-electron chi connectivity index (χ4n) is 2.67. The predicted molar refractivity (Wildman–Crippen MR) is 107 cm³/mol. The van der Waals surface area contributed by atoms with Crippen LogP contribution in [0.2, 0.25) is 0 Å². The minimum Gasteiger partial charge on any atom is -0.368 e. The molecule has 0 saturated carbocycles. The van der Waals surface area contributed by atoms with Gasteiger partial charge in [-0.05, 0) is 36.8 Å². The van der Waals surface area contributed by atoms with Crippen LogP contribution in [-0.4, -0.2) is 13.3 Å². The van der Waals surface area contributed by atoms with Crippen LogP contribution in [-0.2, 0) is 6.54 Å². The van der Waals surface area contributed by atoms with Crippen LogP contribution in [0.1, 0.15) is 11.1 Å². The lowest BCUT2D eigenvalue weighted by Crippen LogP contribution is -2.37. The van der Waals surface area contributed by atoms with Gasteiger partial charge in [0.1, 0.15) is 0 Å². The third-order valence-electron chi connectivity index (χ3n) is 4.12. The summed E-state index contributed by atoms with van der Waals surface area (Å²) in [6.45, 7) is 4.48. The van der Waals surface area contributed by atoms with Crippen LogP contribution in [0.5, 0.6) is 0 Å². The van der Waals surface area contributed by atoms with Gasteiger partial charge in [0.2, 0.25) is 0 Å². The van der Waals surface area contributed by atoms with E-state index in [-0.39, 0.29) is 0 Å². The maximum absolute atomic E-state index is 3.53. The Labute approximate surface area is 150 Å². The highest BCUT2D eigenvalue weighted by molar-refractivity contribution is 5.50. The van der Waals surface area contributed by atoms with E-state index < -0.39 is 0 Å². The first-order valence-corrected chi connectivity index (χ1v) is 8.66. The van der Waals surface area contributed by atoms with Gasteiger partial charge in [0, 0.05) is 17.9 Å². The number of rotatable bonds is 8. The second-order valence-electron chi connectivity index (χ2n) is 6.15. The molecule has 0 aliphatic heterocycles. The molecule has 0 heterocycles. The molecule has 0 radical (unpaired) electrons. The maximum atomic E-state index is 3.53. The lowest BCUT2D eigenvalue weighted by atomic mass is 10.2. The SMILES string of the molecule is Cc1ccc(NCN(CNCc2ccccc2)c2ccccc2)cc1. The molecule has 3 heteroatoms. The van der Waals surface area contributed by atoms with Gasteiger partial charge in [0.25, 0.3) is 0 Å². The summed E-state index contributed by atoms with van der Waals surface area (Å²) in [6, 6.07) is 29.5. The highest BCUT2D eigenvalue weighted by atomic mass is 15.3. The van der Waals surface area contributed by atoms with Crippen molar-refractivity contribution >= 4 is 11.4 Å². The van der Waals surface area contributed by atoms with Crippen LogP contribution in [0.25, 0.3) is 0 Å². The molecule has 0 aliphatic rings. The number of para-hydroxylation sites is 1. The second-order valence-corrected chi connectivity index (χ2v) is 6.15. The lowest BCUT2D eigenvalue weighted by molar-refractivity contribution is 0.658. The van der Waals surface area contributed by atoms with Crippen molar-refractivity contribution in [3.05, 3.63) is 96.1 Å². The Kier molecular flexibility index (Phi) is 6.07. The summed E-state index contributed by atoms with van der Waals surface area (Å²) >= 11 is 0. The van der Waals surface area contributed by atoms with Gasteiger partial charge in [-0.1, -0.05) is 66.2 Å². The van der Waals surface area contributed by atoms with Gasteiger partial charge < -0.3 is 10.2 Å². The minimum absolute atomic E-state index is 0.745. The van der Waals surface area contributed by atoms with Crippen LogP contribution in [0.3, 0.4) is 0 Å². The first kappa shape index (κ1) is 17.1. The predicted octanol–water partition coefficient (Wildman–Crippen LogP) is 4.62. The van der Waals surface area contributed by atoms with E-state index in [1.54, 1.807) is 0 Å². The molecule has 25 heavy (non-hydrogen) atoms. The van der Waals surface area contributed by atoms with Crippen molar-refractivity contribution < 1.29 is 0 Å². The van der Waals surface area contributed by atoms with E-state index in [2.05, 4.69) is 95.3 Å². The fourth-order valence-corrected chi connectivity index (χ4v) is 2.67. The molecule has 128 valence electrons. The first-order valence-electron chi connectivity index (χ1n) is 8.66. The average molecular weight is 331 g/mol. The smallest absolute Gasteiger partial charge is 0.0889 e. The van der Waals surface area contributed by atoms with Gasteiger partial charge >= 0.3 is 0 Å². The minimum atomic E-state index is 0.745. The lowest BCUT2D eigenvalue weighted by Gasteiger charge is -2.26. The Morgan fingerprint density at radius 3 is 2.04 bits per heavy atom. The summed E-state index contributed by atoms with van der Waals surface area (Å²) in [7, 11) is 0. The maximum Gasteiger partial charge on any atom is 0.0889 e. The normalized spacial score (nSPS) is 10.4. The van der Waals surface area contributed by atoms with Gasteiger partial charge in [0.15, 0.2) is 0 Å². The van der Waals surface area contributed by atoms with Crippen molar-refractivity contribution in [2.24, 2.45) is 0 Å². The quantitative estimate of drug-likeness (QED) is 0.590. The molecule has 0 amide bonds. The van der Waals surface area contributed by atoms with Crippen LogP contribution >= 0.6 is 0 Å². The molecule has 0 atom stereocenters. The van der Waals surface area contributed by atoms with Gasteiger partial charge in [0.05, 0.1) is 13.3 Å². The van der Waals surface area contributed by atoms with Crippen molar-refractivity contribution in [1.29, 1.82) is 0 Å². The van der Waals surface area contributed by atoms with E-state index in [0.29, 0.717) is 0 Å². The largest absolute Gasteiger partial charge is 0.368 e. The van der Waals surface area contributed by atoms with Crippen LogP contribution in [0, 0.1) is 6.92 Å². The number of nitrogens with one attached hydrogen (secondary N) is 2. The van der Waals surface area contributed by atoms with Gasteiger partial charge in [-0.25, -0.2) is 0 Å². The van der Waals surface area contributed by atoms with Crippen LogP contribution < -0.4 is 15.5 Å². The molecule has 0 aliphatic carbocycles. The Balaban J connectivity index is 1.60. The zero-order chi connectivity index (χ0) is 17.3. The summed E-state index contributed by atoms with van der Waals surface area (Å²) in [5, 5.41) is 7.04. The molecule has 3 aromatic rings. The van der Waals surface area contributed by atoms with Crippen molar-refractivity contribution in [2.45, 2.75) is 13.5 Å². The van der Waals surface area contributed by atoms with E-state index in [1.165, 1.54) is 16.8 Å². The third-order valence-corrected chi connectivity index (χ3v) is 4.12. The molecule has 0 saturated heterocycles. The van der Waals surface area contributed by atoms with Crippen molar-refractivity contribution in [1.82, 2.24) is 5.32 Å². The number of nitrogens with zero attached hydrogens (tertiary/aromatic N) is 1.